The van der Waals surface area contributed by atoms with E-state index >= 15 is 0 Å². The molecule has 0 amide bonds. The Balaban J connectivity index is 1.95. The third-order valence-corrected chi connectivity index (χ3v) is 2.74. The lowest BCUT2D eigenvalue weighted by Gasteiger charge is -2.03. The van der Waals surface area contributed by atoms with E-state index in [4.69, 9.17) is 4.84 Å². The fourth-order valence-corrected chi connectivity index (χ4v) is 1.63. The molecule has 0 saturated carbocycles. The summed E-state index contributed by atoms with van der Waals surface area (Å²) in [5, 5.41) is 4.14. The first-order valence-corrected chi connectivity index (χ1v) is 6.03. The second-order valence-corrected chi connectivity index (χ2v) is 4.30. The van der Waals surface area contributed by atoms with Crippen molar-refractivity contribution in [3.05, 3.63) is 65.7 Å². The molecular formula is C15H16BNO. The van der Waals surface area contributed by atoms with Crippen LogP contribution in [-0.2, 0) is 11.4 Å². The van der Waals surface area contributed by atoms with E-state index in [1.54, 1.807) is 0 Å². The van der Waals surface area contributed by atoms with Gasteiger partial charge in [0.05, 0.1) is 5.71 Å². The smallest absolute Gasteiger partial charge is 0.142 e. The van der Waals surface area contributed by atoms with E-state index in [1.807, 2.05) is 37.3 Å². The molecule has 2 aromatic carbocycles. The van der Waals surface area contributed by atoms with Crippen LogP contribution >= 0.6 is 0 Å². The highest BCUT2D eigenvalue weighted by Crippen LogP contribution is 2.03. The van der Waals surface area contributed by atoms with Gasteiger partial charge in [0.2, 0.25) is 0 Å². The fourth-order valence-electron chi connectivity index (χ4n) is 1.63. The van der Waals surface area contributed by atoms with Gasteiger partial charge in [0.15, 0.2) is 0 Å². The maximum absolute atomic E-state index is 5.35. The second kappa shape index (κ2) is 6.06. The van der Waals surface area contributed by atoms with Gasteiger partial charge < -0.3 is 4.84 Å². The molecule has 90 valence electrons. The van der Waals surface area contributed by atoms with E-state index in [0.717, 1.165) is 16.8 Å². The molecule has 0 saturated heterocycles. The van der Waals surface area contributed by atoms with E-state index < -0.39 is 0 Å². The summed E-state index contributed by atoms with van der Waals surface area (Å²) in [6.45, 7) is 2.46. The summed E-state index contributed by atoms with van der Waals surface area (Å²) >= 11 is 0. The van der Waals surface area contributed by atoms with E-state index in [2.05, 4.69) is 37.3 Å². The number of benzene rings is 2. The summed E-state index contributed by atoms with van der Waals surface area (Å²) in [6.07, 6.45) is 0. The average Bonchev–Trinajstić information content (AvgIpc) is 2.40. The lowest BCUT2D eigenvalue weighted by molar-refractivity contribution is 0.130. The number of rotatable bonds is 4. The Morgan fingerprint density at radius 3 is 2.39 bits per heavy atom. The maximum atomic E-state index is 5.35. The van der Waals surface area contributed by atoms with Crippen molar-refractivity contribution in [1.29, 1.82) is 0 Å². The number of hydrogen-bond donors (Lipinski definition) is 0. The molecule has 0 aliphatic heterocycles. The van der Waals surface area contributed by atoms with Crippen LogP contribution in [0.1, 0.15) is 18.1 Å². The number of hydrogen-bond acceptors (Lipinski definition) is 2. The summed E-state index contributed by atoms with van der Waals surface area (Å²) in [5.41, 5.74) is 4.36. The summed E-state index contributed by atoms with van der Waals surface area (Å²) in [4.78, 5) is 5.35. The van der Waals surface area contributed by atoms with E-state index in [-0.39, 0.29) is 0 Å². The van der Waals surface area contributed by atoms with Crippen molar-refractivity contribution < 1.29 is 4.84 Å². The first-order valence-electron chi connectivity index (χ1n) is 6.03. The van der Waals surface area contributed by atoms with Crippen LogP contribution < -0.4 is 5.46 Å². The molecule has 0 aromatic heterocycles. The Labute approximate surface area is 109 Å². The SMILES string of the molecule is Bc1ccc(/C(C)=N/OCc2ccccc2)cc1. The van der Waals surface area contributed by atoms with Crippen molar-refractivity contribution in [2.75, 3.05) is 0 Å². The molecule has 0 atom stereocenters. The van der Waals surface area contributed by atoms with Crippen molar-refractivity contribution in [3.63, 3.8) is 0 Å². The molecule has 0 spiro atoms. The minimum Gasteiger partial charge on any atom is -0.391 e. The maximum Gasteiger partial charge on any atom is 0.142 e. The van der Waals surface area contributed by atoms with E-state index in [0.29, 0.717) is 6.61 Å². The van der Waals surface area contributed by atoms with E-state index in [9.17, 15) is 0 Å². The highest BCUT2D eigenvalue weighted by Gasteiger charge is 1.97. The average molecular weight is 237 g/mol. The Morgan fingerprint density at radius 1 is 1.06 bits per heavy atom. The van der Waals surface area contributed by atoms with Gasteiger partial charge in [-0.1, -0.05) is 65.2 Å². The van der Waals surface area contributed by atoms with Crippen molar-refractivity contribution in [1.82, 2.24) is 0 Å². The molecule has 0 aliphatic rings. The third kappa shape index (κ3) is 3.49. The molecule has 2 nitrogen and oxygen atoms in total. The van der Waals surface area contributed by atoms with Crippen molar-refractivity contribution in [3.8, 4) is 0 Å². The minimum atomic E-state index is 0.504. The molecule has 0 heterocycles. The fraction of sp³-hybridized carbons (Fsp3) is 0.133. The predicted molar refractivity (Wildman–Crippen MR) is 78.1 cm³/mol. The normalized spacial score (nSPS) is 11.3. The quantitative estimate of drug-likeness (QED) is 0.452. The number of nitrogens with zero attached hydrogens (tertiary/aromatic N) is 1. The van der Waals surface area contributed by atoms with Crippen LogP contribution in [0.3, 0.4) is 0 Å². The molecule has 2 rings (SSSR count). The Hall–Kier alpha value is -2.03. The van der Waals surface area contributed by atoms with E-state index in [1.165, 1.54) is 5.46 Å². The van der Waals surface area contributed by atoms with Gasteiger partial charge in [0, 0.05) is 0 Å². The van der Waals surface area contributed by atoms with Gasteiger partial charge in [-0.15, -0.1) is 0 Å². The molecule has 18 heavy (non-hydrogen) atoms. The van der Waals surface area contributed by atoms with Gasteiger partial charge in [-0.05, 0) is 18.1 Å². The summed E-state index contributed by atoms with van der Waals surface area (Å²) in [7, 11) is 2.07. The first-order chi connectivity index (χ1) is 8.75. The molecule has 3 heteroatoms. The van der Waals surface area contributed by atoms with Crippen molar-refractivity contribution in [2.24, 2.45) is 5.16 Å². The Kier molecular flexibility index (Phi) is 4.18. The minimum absolute atomic E-state index is 0.504. The predicted octanol–water partition coefficient (Wildman–Crippen LogP) is 1.89. The standard InChI is InChI=1S/C15H16BNO/c1-12(14-7-9-15(16)10-8-14)17-18-11-13-5-3-2-4-6-13/h2-10H,11,16H2,1H3/b17-12+. The summed E-state index contributed by atoms with van der Waals surface area (Å²) in [6, 6.07) is 18.3. The lowest BCUT2D eigenvalue weighted by Crippen LogP contribution is -2.03. The second-order valence-electron chi connectivity index (χ2n) is 4.30. The van der Waals surface area contributed by atoms with Crippen LogP contribution in [0.4, 0.5) is 0 Å². The largest absolute Gasteiger partial charge is 0.391 e. The zero-order valence-corrected chi connectivity index (χ0v) is 10.8. The molecule has 0 unspecified atom stereocenters. The van der Waals surface area contributed by atoms with Crippen molar-refractivity contribution in [2.45, 2.75) is 13.5 Å². The van der Waals surface area contributed by atoms with Gasteiger partial charge >= 0.3 is 0 Å². The van der Waals surface area contributed by atoms with Gasteiger partial charge in [-0.25, -0.2) is 0 Å². The highest BCUT2D eigenvalue weighted by atomic mass is 16.6. The third-order valence-electron chi connectivity index (χ3n) is 2.74. The molecule has 2 aromatic rings. The van der Waals surface area contributed by atoms with Gasteiger partial charge in [0.1, 0.15) is 14.5 Å². The molecule has 0 aliphatic carbocycles. The van der Waals surface area contributed by atoms with Gasteiger partial charge in [0.25, 0.3) is 0 Å². The zero-order valence-electron chi connectivity index (χ0n) is 10.8. The zero-order chi connectivity index (χ0) is 12.8. The van der Waals surface area contributed by atoms with Crippen LogP contribution in [0, 0.1) is 0 Å². The first kappa shape index (κ1) is 12.4. The Morgan fingerprint density at radius 2 is 1.72 bits per heavy atom. The Bertz CT molecular complexity index is 520. The van der Waals surface area contributed by atoms with Crippen LogP contribution in [0.5, 0.6) is 0 Å². The monoisotopic (exact) mass is 237 g/mol. The van der Waals surface area contributed by atoms with Crippen LogP contribution in [0.2, 0.25) is 0 Å². The van der Waals surface area contributed by atoms with Gasteiger partial charge in [-0.2, -0.15) is 0 Å². The molecule has 0 radical (unpaired) electrons. The lowest BCUT2D eigenvalue weighted by atomic mass is 9.95. The number of oxime groups is 1. The van der Waals surface area contributed by atoms with Crippen LogP contribution in [0.15, 0.2) is 59.8 Å². The molecule has 0 bridgehead atoms. The molecule has 0 fully saturated rings. The topological polar surface area (TPSA) is 21.6 Å². The van der Waals surface area contributed by atoms with Crippen molar-refractivity contribution >= 4 is 19.0 Å². The molecule has 0 N–H and O–H groups in total. The van der Waals surface area contributed by atoms with Crippen LogP contribution in [-0.4, -0.2) is 13.6 Å². The molecular weight excluding hydrogens is 221 g/mol. The highest BCUT2D eigenvalue weighted by molar-refractivity contribution is 6.32. The summed E-state index contributed by atoms with van der Waals surface area (Å²) < 4.78 is 0. The van der Waals surface area contributed by atoms with Gasteiger partial charge in [-0.3, -0.25) is 0 Å². The summed E-state index contributed by atoms with van der Waals surface area (Å²) in [5.74, 6) is 0. The van der Waals surface area contributed by atoms with Crippen LogP contribution in [0.25, 0.3) is 0 Å².